The highest BCUT2D eigenvalue weighted by Gasteiger charge is 1.77. The number of rotatable bonds is 2. The minimum absolute atomic E-state index is 1.01. The van der Waals surface area contributed by atoms with E-state index in [0.29, 0.717) is 0 Å². The zero-order valence-electron chi connectivity index (χ0n) is 4.69. The molecule has 0 atom stereocenters. The lowest BCUT2D eigenvalue weighted by Gasteiger charge is -2.01. The van der Waals surface area contributed by atoms with E-state index in [9.17, 15) is 0 Å². The summed E-state index contributed by atoms with van der Waals surface area (Å²) >= 11 is 3.17. The maximum atomic E-state index is 3.17. The molecule has 7 heavy (non-hydrogen) atoms. The van der Waals surface area contributed by atoms with Gasteiger partial charge in [0, 0.05) is 6.54 Å². The average molecular weight is 164 g/mol. The summed E-state index contributed by atoms with van der Waals surface area (Å²) in [7, 11) is 4.07. The monoisotopic (exact) mass is 163 g/mol. The molecule has 0 saturated heterocycles. The lowest BCUT2D eigenvalue weighted by atomic mass is 10.6. The summed E-state index contributed by atoms with van der Waals surface area (Å²) in [4.78, 5) is 3.96. The molecule has 0 fully saturated rings. The van der Waals surface area contributed by atoms with Crippen molar-refractivity contribution in [3.05, 3.63) is 11.1 Å². The fourth-order valence-electron chi connectivity index (χ4n) is 0.251. The molecule has 42 valence electrons. The highest BCUT2D eigenvalue weighted by Crippen LogP contribution is 1.82. The first kappa shape index (κ1) is 7.18. The largest absolute Gasteiger partial charge is 0.306 e. The van der Waals surface area contributed by atoms with Crippen molar-refractivity contribution in [2.75, 3.05) is 20.6 Å². The Morgan fingerprint density at radius 3 is 2.29 bits per heavy atom. The molecule has 0 N–H and O–H groups in total. The van der Waals surface area contributed by atoms with Crippen molar-refractivity contribution < 1.29 is 0 Å². The van der Waals surface area contributed by atoms with Crippen molar-refractivity contribution in [2.45, 2.75) is 0 Å². The molecule has 0 amide bonds. The summed E-state index contributed by atoms with van der Waals surface area (Å²) in [6, 6.07) is 0. The molecule has 0 bridgehead atoms. The third-order valence-electron chi connectivity index (χ3n) is 0.560. The lowest BCUT2D eigenvalue weighted by Crippen LogP contribution is -2.09. The fourth-order valence-corrected chi connectivity index (χ4v) is 0.418. The standard InChI is InChI=1S/C5H10BrN/c1-7(2)5-3-4-6/h3-4H,5H2,1-2H3/b4-3+. The van der Waals surface area contributed by atoms with Crippen LogP contribution in [0.4, 0.5) is 0 Å². The molecule has 0 saturated carbocycles. The van der Waals surface area contributed by atoms with Crippen molar-refractivity contribution >= 4 is 15.9 Å². The number of nitrogens with zero attached hydrogens (tertiary/aromatic N) is 1. The maximum absolute atomic E-state index is 3.17. The normalized spacial score (nSPS) is 11.4. The van der Waals surface area contributed by atoms with Gasteiger partial charge in [-0.2, -0.15) is 0 Å². The Hall–Kier alpha value is 0.180. The quantitative estimate of drug-likeness (QED) is 0.597. The van der Waals surface area contributed by atoms with Gasteiger partial charge in [-0.1, -0.05) is 22.0 Å². The summed E-state index contributed by atoms with van der Waals surface area (Å²) in [5.74, 6) is 0. The first-order valence-electron chi connectivity index (χ1n) is 2.17. The molecule has 0 aromatic rings. The molecule has 1 nitrogen and oxygen atoms in total. The van der Waals surface area contributed by atoms with Gasteiger partial charge in [0.15, 0.2) is 0 Å². The molecule has 0 unspecified atom stereocenters. The summed E-state index contributed by atoms with van der Waals surface area (Å²) < 4.78 is 0. The Labute approximate surface area is 53.1 Å². The van der Waals surface area contributed by atoms with Gasteiger partial charge in [-0.05, 0) is 19.1 Å². The predicted molar refractivity (Wildman–Crippen MR) is 36.6 cm³/mol. The van der Waals surface area contributed by atoms with Gasteiger partial charge in [-0.3, -0.25) is 0 Å². The third kappa shape index (κ3) is 6.18. The van der Waals surface area contributed by atoms with Crippen LogP contribution in [-0.4, -0.2) is 25.5 Å². The summed E-state index contributed by atoms with van der Waals surface area (Å²) in [6.45, 7) is 1.01. The van der Waals surface area contributed by atoms with Gasteiger partial charge < -0.3 is 4.90 Å². The van der Waals surface area contributed by atoms with Crippen molar-refractivity contribution in [3.8, 4) is 0 Å². The average Bonchev–Trinajstić information content (AvgIpc) is 1.61. The lowest BCUT2D eigenvalue weighted by molar-refractivity contribution is 0.457. The first-order chi connectivity index (χ1) is 3.27. The maximum Gasteiger partial charge on any atom is 0.0165 e. The van der Waals surface area contributed by atoms with Gasteiger partial charge in [0.2, 0.25) is 0 Å². The molecule has 0 aliphatic heterocycles. The van der Waals surface area contributed by atoms with Gasteiger partial charge in [0.05, 0.1) is 0 Å². The van der Waals surface area contributed by atoms with E-state index in [4.69, 9.17) is 0 Å². The van der Waals surface area contributed by atoms with Gasteiger partial charge in [-0.15, -0.1) is 0 Å². The first-order valence-corrected chi connectivity index (χ1v) is 3.09. The van der Waals surface area contributed by atoms with Crippen molar-refractivity contribution in [3.63, 3.8) is 0 Å². The van der Waals surface area contributed by atoms with E-state index in [1.54, 1.807) is 0 Å². The molecule has 0 heterocycles. The van der Waals surface area contributed by atoms with Crippen LogP contribution in [0.3, 0.4) is 0 Å². The van der Waals surface area contributed by atoms with E-state index in [1.165, 1.54) is 0 Å². The van der Waals surface area contributed by atoms with Crippen LogP contribution >= 0.6 is 15.9 Å². The van der Waals surface area contributed by atoms with E-state index in [-0.39, 0.29) is 0 Å². The molecule has 0 rings (SSSR count). The molecule has 0 aliphatic rings. The molecular formula is C5H10BrN. The van der Waals surface area contributed by atoms with Crippen LogP contribution in [0, 0.1) is 0 Å². The topological polar surface area (TPSA) is 3.24 Å². The van der Waals surface area contributed by atoms with Crippen LogP contribution < -0.4 is 0 Å². The summed E-state index contributed by atoms with van der Waals surface area (Å²) in [5.41, 5.74) is 0. The van der Waals surface area contributed by atoms with Crippen LogP contribution in [0.25, 0.3) is 0 Å². The zero-order valence-corrected chi connectivity index (χ0v) is 6.27. The van der Waals surface area contributed by atoms with E-state index in [2.05, 4.69) is 20.8 Å². The summed E-state index contributed by atoms with van der Waals surface area (Å²) in [6.07, 6.45) is 2.04. The Morgan fingerprint density at radius 2 is 2.14 bits per heavy atom. The van der Waals surface area contributed by atoms with E-state index in [0.717, 1.165) is 6.54 Å². The van der Waals surface area contributed by atoms with Crippen LogP contribution in [-0.2, 0) is 0 Å². The molecule has 2 heteroatoms. The predicted octanol–water partition coefficient (Wildman–Crippen LogP) is 1.46. The molecule has 0 aromatic carbocycles. The van der Waals surface area contributed by atoms with Crippen LogP contribution in [0.1, 0.15) is 0 Å². The molecule has 0 spiro atoms. The van der Waals surface area contributed by atoms with E-state index >= 15 is 0 Å². The van der Waals surface area contributed by atoms with Crippen molar-refractivity contribution in [2.24, 2.45) is 0 Å². The van der Waals surface area contributed by atoms with Crippen LogP contribution in [0.15, 0.2) is 11.1 Å². The summed E-state index contributed by atoms with van der Waals surface area (Å²) in [5, 5.41) is 0. The highest BCUT2D eigenvalue weighted by molar-refractivity contribution is 9.11. The smallest absolute Gasteiger partial charge is 0.0165 e. The third-order valence-corrected chi connectivity index (χ3v) is 0.933. The Balaban J connectivity index is 2.97. The Kier molecular flexibility index (Phi) is 4.45. The van der Waals surface area contributed by atoms with E-state index in [1.807, 2.05) is 25.2 Å². The zero-order chi connectivity index (χ0) is 5.70. The Bertz CT molecular complexity index is 59.1. The van der Waals surface area contributed by atoms with Gasteiger partial charge in [0.1, 0.15) is 0 Å². The number of halogens is 1. The minimum atomic E-state index is 1.01. The van der Waals surface area contributed by atoms with Crippen molar-refractivity contribution in [1.29, 1.82) is 0 Å². The molecular weight excluding hydrogens is 154 g/mol. The second-order valence-electron chi connectivity index (χ2n) is 1.62. The van der Waals surface area contributed by atoms with E-state index < -0.39 is 0 Å². The van der Waals surface area contributed by atoms with Crippen molar-refractivity contribution in [1.82, 2.24) is 4.90 Å². The number of hydrogen-bond donors (Lipinski definition) is 0. The second-order valence-corrected chi connectivity index (χ2v) is 2.15. The minimum Gasteiger partial charge on any atom is -0.306 e. The van der Waals surface area contributed by atoms with Gasteiger partial charge in [-0.25, -0.2) is 0 Å². The van der Waals surface area contributed by atoms with Crippen LogP contribution in [0.5, 0.6) is 0 Å². The Morgan fingerprint density at radius 1 is 1.57 bits per heavy atom. The van der Waals surface area contributed by atoms with Crippen LogP contribution in [0.2, 0.25) is 0 Å². The number of likely N-dealkylation sites (N-methyl/N-ethyl adjacent to an activating group) is 1. The fraction of sp³-hybridized carbons (Fsp3) is 0.600. The molecule has 0 radical (unpaired) electrons. The molecule has 0 aromatic heterocycles. The number of hydrogen-bond acceptors (Lipinski definition) is 1. The SMILES string of the molecule is CN(C)C/C=C/Br. The second kappa shape index (κ2) is 4.34. The van der Waals surface area contributed by atoms with Gasteiger partial charge >= 0.3 is 0 Å². The van der Waals surface area contributed by atoms with Gasteiger partial charge in [0.25, 0.3) is 0 Å². The highest BCUT2D eigenvalue weighted by atomic mass is 79.9. The molecule has 0 aliphatic carbocycles.